The van der Waals surface area contributed by atoms with E-state index in [0.29, 0.717) is 12.8 Å². The molecule has 2 atom stereocenters. The molecule has 2 heteroatoms. The van der Waals surface area contributed by atoms with E-state index < -0.39 is 11.7 Å². The summed E-state index contributed by atoms with van der Waals surface area (Å²) in [6.07, 6.45) is 3.71. The molecule has 0 aromatic heterocycles. The average molecular weight is 157 g/mol. The fourth-order valence-corrected chi connectivity index (χ4v) is 0.898. The Morgan fingerprint density at radius 2 is 2.18 bits per heavy atom. The molecular formula is C9H17O2. The number of aliphatic hydroxyl groups excluding tert-OH is 1. The van der Waals surface area contributed by atoms with Gasteiger partial charge in [0.25, 0.3) is 0 Å². The summed E-state index contributed by atoms with van der Waals surface area (Å²) in [5, 5.41) is 18.9. The average Bonchev–Trinajstić information content (AvgIpc) is 2.00. The lowest BCUT2D eigenvalue weighted by Gasteiger charge is -2.28. The zero-order valence-corrected chi connectivity index (χ0v) is 7.25. The van der Waals surface area contributed by atoms with E-state index in [0.717, 1.165) is 0 Å². The van der Waals surface area contributed by atoms with Gasteiger partial charge in [0, 0.05) is 0 Å². The van der Waals surface area contributed by atoms with Crippen molar-refractivity contribution in [2.45, 2.75) is 38.4 Å². The highest BCUT2D eigenvalue weighted by Gasteiger charge is 2.28. The van der Waals surface area contributed by atoms with Crippen LogP contribution in [-0.2, 0) is 0 Å². The zero-order valence-electron chi connectivity index (χ0n) is 7.25. The molecule has 2 nitrogen and oxygen atoms in total. The van der Waals surface area contributed by atoms with Gasteiger partial charge >= 0.3 is 0 Å². The quantitative estimate of drug-likeness (QED) is 0.645. The zero-order chi connectivity index (χ0) is 8.91. The van der Waals surface area contributed by atoms with Crippen molar-refractivity contribution in [2.75, 3.05) is 0 Å². The number of rotatable bonds is 4. The van der Waals surface area contributed by atoms with Crippen molar-refractivity contribution in [3.05, 3.63) is 19.1 Å². The van der Waals surface area contributed by atoms with E-state index in [9.17, 15) is 10.2 Å². The molecule has 0 bridgehead atoms. The second-order valence-electron chi connectivity index (χ2n) is 2.81. The van der Waals surface area contributed by atoms with Crippen LogP contribution >= 0.6 is 0 Å². The van der Waals surface area contributed by atoms with Crippen molar-refractivity contribution in [1.82, 2.24) is 0 Å². The predicted molar refractivity (Wildman–Crippen MR) is 46.0 cm³/mol. The van der Waals surface area contributed by atoms with Gasteiger partial charge in [0.05, 0.1) is 11.7 Å². The predicted octanol–water partition coefficient (Wildman–Crippen LogP) is 1.29. The molecular weight excluding hydrogens is 140 g/mol. The molecule has 65 valence electrons. The molecule has 0 spiro atoms. The number of hydrogen-bond donors (Lipinski definition) is 2. The van der Waals surface area contributed by atoms with Crippen LogP contribution in [0.5, 0.6) is 0 Å². The van der Waals surface area contributed by atoms with Crippen LogP contribution in [0, 0.1) is 6.92 Å². The molecule has 0 saturated heterocycles. The first-order valence-corrected chi connectivity index (χ1v) is 3.91. The van der Waals surface area contributed by atoms with Crippen molar-refractivity contribution >= 4 is 0 Å². The van der Waals surface area contributed by atoms with Crippen LogP contribution in [0.3, 0.4) is 0 Å². The summed E-state index contributed by atoms with van der Waals surface area (Å²) in [6, 6.07) is 0. The molecule has 0 heterocycles. The van der Waals surface area contributed by atoms with Gasteiger partial charge in [0.15, 0.2) is 0 Å². The summed E-state index contributed by atoms with van der Waals surface area (Å²) in [7, 11) is 0. The largest absolute Gasteiger partial charge is 0.390 e. The van der Waals surface area contributed by atoms with Gasteiger partial charge in [-0.1, -0.05) is 19.1 Å². The van der Waals surface area contributed by atoms with Gasteiger partial charge in [-0.2, -0.15) is 0 Å². The second kappa shape index (κ2) is 4.52. The standard InChI is InChI=1S/C9H17O2/c1-4-6-7-9(11,5-2)8(3)10/h4,6,8,10-11H,1,5,7H2,2-3H3/b6-4+. The lowest BCUT2D eigenvalue weighted by molar-refractivity contribution is -0.0660. The van der Waals surface area contributed by atoms with Crippen LogP contribution in [0.15, 0.2) is 12.2 Å². The summed E-state index contributed by atoms with van der Waals surface area (Å²) in [4.78, 5) is 0. The van der Waals surface area contributed by atoms with Crippen molar-refractivity contribution < 1.29 is 10.2 Å². The maximum atomic E-state index is 9.70. The normalized spacial score (nSPS) is 20.1. The van der Waals surface area contributed by atoms with Gasteiger partial charge in [-0.05, 0) is 26.7 Å². The van der Waals surface area contributed by atoms with E-state index in [2.05, 4.69) is 6.92 Å². The topological polar surface area (TPSA) is 40.5 Å². The molecule has 0 aromatic rings. The van der Waals surface area contributed by atoms with Crippen LogP contribution in [0.25, 0.3) is 0 Å². The third kappa shape index (κ3) is 3.04. The first-order chi connectivity index (χ1) is 5.06. The highest BCUT2D eigenvalue weighted by Crippen LogP contribution is 2.19. The maximum absolute atomic E-state index is 9.70. The summed E-state index contributed by atoms with van der Waals surface area (Å²) in [6.45, 7) is 6.96. The van der Waals surface area contributed by atoms with Crippen LogP contribution in [-0.4, -0.2) is 21.9 Å². The van der Waals surface area contributed by atoms with Gasteiger partial charge in [0.1, 0.15) is 0 Å². The van der Waals surface area contributed by atoms with Gasteiger partial charge in [-0.15, -0.1) is 0 Å². The monoisotopic (exact) mass is 157 g/mol. The Hall–Kier alpha value is -0.340. The second-order valence-corrected chi connectivity index (χ2v) is 2.81. The summed E-state index contributed by atoms with van der Waals surface area (Å²) < 4.78 is 0. The fourth-order valence-electron chi connectivity index (χ4n) is 0.898. The van der Waals surface area contributed by atoms with Crippen molar-refractivity contribution in [2.24, 2.45) is 0 Å². The van der Waals surface area contributed by atoms with Crippen molar-refractivity contribution in [3.8, 4) is 0 Å². The first kappa shape index (κ1) is 10.7. The highest BCUT2D eigenvalue weighted by molar-refractivity contribution is 4.94. The lowest BCUT2D eigenvalue weighted by Crippen LogP contribution is -2.39. The van der Waals surface area contributed by atoms with Gasteiger partial charge in [0.2, 0.25) is 0 Å². The van der Waals surface area contributed by atoms with E-state index in [-0.39, 0.29) is 0 Å². The van der Waals surface area contributed by atoms with Crippen LogP contribution < -0.4 is 0 Å². The minimum atomic E-state index is -0.978. The van der Waals surface area contributed by atoms with Gasteiger partial charge in [-0.3, -0.25) is 0 Å². The molecule has 2 unspecified atom stereocenters. The summed E-state index contributed by atoms with van der Waals surface area (Å²) >= 11 is 0. The van der Waals surface area contributed by atoms with E-state index in [1.165, 1.54) is 0 Å². The molecule has 11 heavy (non-hydrogen) atoms. The minimum absolute atomic E-state index is 0.463. The van der Waals surface area contributed by atoms with E-state index in [1.54, 1.807) is 19.1 Å². The Morgan fingerprint density at radius 1 is 1.64 bits per heavy atom. The van der Waals surface area contributed by atoms with Gasteiger partial charge in [-0.25, -0.2) is 0 Å². The van der Waals surface area contributed by atoms with Gasteiger partial charge < -0.3 is 10.2 Å². The van der Waals surface area contributed by atoms with Crippen molar-refractivity contribution in [1.29, 1.82) is 0 Å². The highest BCUT2D eigenvalue weighted by atomic mass is 16.3. The Bertz CT molecular complexity index is 130. The maximum Gasteiger partial charge on any atom is 0.0934 e. The van der Waals surface area contributed by atoms with E-state index >= 15 is 0 Å². The first-order valence-electron chi connectivity index (χ1n) is 3.91. The van der Waals surface area contributed by atoms with Crippen LogP contribution in [0.1, 0.15) is 26.7 Å². The number of aliphatic hydroxyl groups is 2. The Labute approximate surface area is 68.6 Å². The third-order valence-corrected chi connectivity index (χ3v) is 2.03. The van der Waals surface area contributed by atoms with Crippen molar-refractivity contribution in [3.63, 3.8) is 0 Å². The Balaban J connectivity index is 4.10. The van der Waals surface area contributed by atoms with E-state index in [4.69, 9.17) is 0 Å². The summed E-state index contributed by atoms with van der Waals surface area (Å²) in [5.74, 6) is 0. The molecule has 0 aromatic carbocycles. The number of allylic oxidation sites excluding steroid dienone is 1. The van der Waals surface area contributed by atoms with Crippen LogP contribution in [0.4, 0.5) is 0 Å². The SMILES string of the molecule is [CH2]/C=C/CC(O)(CC)C(C)O. The Kier molecular flexibility index (Phi) is 4.38. The molecule has 0 fully saturated rings. The third-order valence-electron chi connectivity index (χ3n) is 2.03. The molecule has 1 radical (unpaired) electrons. The molecule has 0 rings (SSSR count). The molecule has 0 aliphatic carbocycles. The molecule has 0 saturated carbocycles. The molecule has 0 amide bonds. The molecule has 2 N–H and O–H groups in total. The Morgan fingerprint density at radius 3 is 2.45 bits per heavy atom. The van der Waals surface area contributed by atoms with Crippen LogP contribution in [0.2, 0.25) is 0 Å². The van der Waals surface area contributed by atoms with E-state index in [1.807, 2.05) is 6.92 Å². The smallest absolute Gasteiger partial charge is 0.0934 e. The number of hydrogen-bond acceptors (Lipinski definition) is 2. The lowest BCUT2D eigenvalue weighted by atomic mass is 9.91. The fraction of sp³-hybridized carbons (Fsp3) is 0.667. The molecule has 0 aliphatic rings. The minimum Gasteiger partial charge on any atom is -0.390 e. The molecule has 0 aliphatic heterocycles. The summed E-state index contributed by atoms with van der Waals surface area (Å²) in [5.41, 5.74) is -0.978.